The number of nitrogens with two attached hydrogens (primary N) is 1. The van der Waals surface area contributed by atoms with Gasteiger partial charge < -0.3 is 15.4 Å². The van der Waals surface area contributed by atoms with Crippen molar-refractivity contribution in [2.45, 2.75) is 72.6 Å². The molecule has 1 amide bonds. The van der Waals surface area contributed by atoms with Gasteiger partial charge in [0.2, 0.25) is 5.91 Å². The van der Waals surface area contributed by atoms with E-state index in [1.54, 1.807) is 6.07 Å². The average Bonchev–Trinajstić information content (AvgIpc) is 3.11. The van der Waals surface area contributed by atoms with Gasteiger partial charge in [0, 0.05) is 24.6 Å². The number of anilines is 1. The average molecular weight is 565 g/mol. The Morgan fingerprint density at radius 2 is 1.95 bits per heavy atom. The van der Waals surface area contributed by atoms with Crippen molar-refractivity contribution >= 4 is 23.4 Å². The Morgan fingerprint density at radius 1 is 1.15 bits per heavy atom. The van der Waals surface area contributed by atoms with Crippen LogP contribution in [0.25, 0.3) is 0 Å². The molecule has 2 aliphatic rings. The van der Waals surface area contributed by atoms with Gasteiger partial charge >= 0.3 is 0 Å². The molecule has 4 atom stereocenters. The van der Waals surface area contributed by atoms with E-state index in [1.807, 2.05) is 37.7 Å². The molecule has 0 spiro atoms. The van der Waals surface area contributed by atoms with Crippen LogP contribution in [0.5, 0.6) is 5.75 Å². The van der Waals surface area contributed by atoms with Crippen LogP contribution in [-0.4, -0.2) is 37.6 Å². The summed E-state index contributed by atoms with van der Waals surface area (Å²) in [7, 11) is 0. The molecule has 0 bridgehead atoms. The maximum absolute atomic E-state index is 12.0. The van der Waals surface area contributed by atoms with Crippen LogP contribution in [0.15, 0.2) is 54.6 Å². The summed E-state index contributed by atoms with van der Waals surface area (Å²) >= 11 is 1.93. The minimum atomic E-state index is -0.380. The van der Waals surface area contributed by atoms with Crippen LogP contribution in [0, 0.1) is 30.6 Å². The van der Waals surface area contributed by atoms with Crippen molar-refractivity contribution in [3.63, 3.8) is 0 Å². The Hall–Kier alpha value is -2.40. The molecule has 1 aliphatic heterocycles. The molecule has 4 nitrogen and oxygen atoms in total. The van der Waals surface area contributed by atoms with Crippen LogP contribution in [0.1, 0.15) is 80.8 Å². The van der Waals surface area contributed by atoms with Crippen molar-refractivity contribution in [2.75, 3.05) is 36.6 Å². The van der Waals surface area contributed by atoms with Crippen LogP contribution in [0.3, 0.4) is 0 Å². The maximum Gasteiger partial charge on any atom is 0.248 e. The van der Waals surface area contributed by atoms with E-state index < -0.39 is 0 Å². The number of fused-ring (bicyclic) bond motifs is 1. The van der Waals surface area contributed by atoms with E-state index in [0.717, 1.165) is 62.2 Å². The summed E-state index contributed by atoms with van der Waals surface area (Å²) in [6, 6.07) is 14.5. The number of carbonyl (C=O) groups is 1. The van der Waals surface area contributed by atoms with Crippen molar-refractivity contribution in [3.8, 4) is 5.75 Å². The fourth-order valence-electron chi connectivity index (χ4n) is 5.94. The van der Waals surface area contributed by atoms with Crippen molar-refractivity contribution in [2.24, 2.45) is 29.4 Å². The number of aryl methyl sites for hydroxylation is 2. The molecule has 1 saturated carbocycles. The summed E-state index contributed by atoms with van der Waals surface area (Å²) < 4.78 is 6.32. The van der Waals surface area contributed by atoms with Crippen LogP contribution in [0.4, 0.5) is 5.69 Å². The van der Waals surface area contributed by atoms with E-state index in [2.05, 4.69) is 61.4 Å². The summed E-state index contributed by atoms with van der Waals surface area (Å²) in [5, 5.41) is 0. The number of hydrogen-bond donors (Lipinski definition) is 1. The zero-order valence-electron chi connectivity index (χ0n) is 25.5. The molecule has 5 heteroatoms. The normalized spacial score (nSPS) is 20.9. The number of amides is 1. The number of thioether (sulfide) groups is 1. The summed E-state index contributed by atoms with van der Waals surface area (Å²) in [5.41, 5.74) is 9.99. The number of ether oxygens (including phenoxy) is 1. The Balaban J connectivity index is 0.00000216. The molecule has 40 heavy (non-hydrogen) atoms. The summed E-state index contributed by atoms with van der Waals surface area (Å²) in [5.74, 6) is 4.36. The first-order valence-corrected chi connectivity index (χ1v) is 16.8. The Kier molecular flexibility index (Phi) is 13.5. The molecule has 2 aromatic carbocycles. The maximum atomic E-state index is 12.0. The monoisotopic (exact) mass is 564 g/mol. The van der Waals surface area contributed by atoms with Crippen LogP contribution in [0.2, 0.25) is 0 Å². The largest absolute Gasteiger partial charge is 0.491 e. The number of rotatable bonds is 13. The van der Waals surface area contributed by atoms with Gasteiger partial charge in [-0.3, -0.25) is 4.79 Å². The molecule has 0 saturated heterocycles. The molecule has 3 unspecified atom stereocenters. The highest BCUT2D eigenvalue weighted by Gasteiger charge is 2.33. The molecule has 4 rings (SSSR count). The van der Waals surface area contributed by atoms with E-state index >= 15 is 0 Å². The van der Waals surface area contributed by atoms with Crippen LogP contribution >= 0.6 is 11.8 Å². The van der Waals surface area contributed by atoms with E-state index in [-0.39, 0.29) is 5.91 Å². The van der Waals surface area contributed by atoms with E-state index in [4.69, 9.17) is 10.5 Å². The number of carbonyl (C=O) groups excluding carboxylic acids is 1. The summed E-state index contributed by atoms with van der Waals surface area (Å²) in [6.07, 6.45) is 15.3. The summed E-state index contributed by atoms with van der Waals surface area (Å²) in [4.78, 5) is 14.5. The Bertz CT molecular complexity index is 1080. The first-order valence-electron chi connectivity index (χ1n) is 15.4. The zero-order chi connectivity index (χ0) is 28.9. The lowest BCUT2D eigenvalue weighted by Gasteiger charge is -2.41. The number of allylic oxidation sites excluding steroid dienone is 2. The third-order valence-electron chi connectivity index (χ3n) is 8.32. The first-order chi connectivity index (χ1) is 19.4. The van der Waals surface area contributed by atoms with E-state index in [0.29, 0.717) is 17.4 Å². The van der Waals surface area contributed by atoms with Crippen molar-refractivity contribution in [1.82, 2.24) is 0 Å². The lowest BCUT2D eigenvalue weighted by atomic mass is 9.71. The molecule has 220 valence electrons. The molecule has 2 N–H and O–H groups in total. The van der Waals surface area contributed by atoms with Gasteiger partial charge in [-0.25, -0.2) is 0 Å². The zero-order valence-corrected chi connectivity index (χ0v) is 26.3. The molecular formula is C35H52N2O2S. The van der Waals surface area contributed by atoms with E-state index in [9.17, 15) is 4.79 Å². The molecule has 1 aliphatic carbocycles. The number of hydrogen-bond acceptors (Lipinski definition) is 4. The molecule has 1 fully saturated rings. The van der Waals surface area contributed by atoms with Crippen molar-refractivity contribution in [3.05, 3.63) is 71.3 Å². The predicted molar refractivity (Wildman–Crippen MR) is 174 cm³/mol. The van der Waals surface area contributed by atoms with Gasteiger partial charge in [-0.2, -0.15) is 11.8 Å². The SMILES string of the molecule is CC.CSCC(C)C/C=C/C[C@@H]1CCC1CN1CC(CCCc2cccc(C)c2)COc2ccc(C(N)=O)cc21. The lowest BCUT2D eigenvalue weighted by molar-refractivity contribution is 0.1000. The number of nitrogens with zero attached hydrogens (tertiary/aromatic N) is 1. The minimum Gasteiger partial charge on any atom is -0.491 e. The van der Waals surface area contributed by atoms with Gasteiger partial charge in [0.05, 0.1) is 12.3 Å². The van der Waals surface area contributed by atoms with Crippen molar-refractivity contribution < 1.29 is 9.53 Å². The van der Waals surface area contributed by atoms with E-state index in [1.165, 1.54) is 42.6 Å². The first kappa shape index (κ1) is 32.1. The molecular weight excluding hydrogens is 512 g/mol. The number of primary amides is 1. The molecule has 0 aromatic heterocycles. The van der Waals surface area contributed by atoms with Gasteiger partial charge in [0.25, 0.3) is 0 Å². The predicted octanol–water partition coefficient (Wildman–Crippen LogP) is 8.32. The quantitative estimate of drug-likeness (QED) is 0.249. The lowest BCUT2D eigenvalue weighted by Crippen LogP contribution is -2.40. The standard InChI is InChI=1S/C33H46N2O2S.C2H6/c1-24-9-6-10-26(18-24)11-7-12-27-20-35(31-19-29(33(34)36)16-17-32(31)37-22-27)21-30-15-14-28(30)13-5-4-8-25(2)23-38-3;1-2/h4-6,9-10,16-19,25,27-28,30H,7-8,11-15,20-23H2,1-3H3,(H2,34,36);1-2H3/b5-4+;/t25?,27?,28-,30?;/m1./s1. The molecule has 1 heterocycles. The van der Waals surface area contributed by atoms with Crippen LogP contribution < -0.4 is 15.4 Å². The number of benzene rings is 2. The van der Waals surface area contributed by atoms with Gasteiger partial charge in [0.15, 0.2) is 0 Å². The van der Waals surface area contributed by atoms with Crippen molar-refractivity contribution in [1.29, 1.82) is 0 Å². The topological polar surface area (TPSA) is 55.6 Å². The smallest absolute Gasteiger partial charge is 0.248 e. The second-order valence-corrected chi connectivity index (χ2v) is 12.5. The second kappa shape index (κ2) is 16.8. The molecule has 0 radical (unpaired) electrons. The highest BCUT2D eigenvalue weighted by Crippen LogP contribution is 2.41. The van der Waals surface area contributed by atoms with Crippen LogP contribution in [-0.2, 0) is 6.42 Å². The Labute approximate surface area is 248 Å². The Morgan fingerprint density at radius 3 is 2.65 bits per heavy atom. The van der Waals surface area contributed by atoms with Gasteiger partial charge in [-0.15, -0.1) is 0 Å². The van der Waals surface area contributed by atoms with Gasteiger partial charge in [-0.1, -0.05) is 62.8 Å². The fourth-order valence-corrected chi connectivity index (χ4v) is 6.65. The van der Waals surface area contributed by atoms with Gasteiger partial charge in [0.1, 0.15) is 5.75 Å². The third kappa shape index (κ3) is 9.61. The fraction of sp³-hybridized carbons (Fsp3) is 0.571. The van der Waals surface area contributed by atoms with Gasteiger partial charge in [-0.05, 0) is 105 Å². The second-order valence-electron chi connectivity index (χ2n) is 11.6. The highest BCUT2D eigenvalue weighted by atomic mass is 32.2. The summed E-state index contributed by atoms with van der Waals surface area (Å²) in [6.45, 7) is 11.2. The highest BCUT2D eigenvalue weighted by molar-refractivity contribution is 7.98. The minimum absolute atomic E-state index is 0.380. The third-order valence-corrected chi connectivity index (χ3v) is 9.22. The molecule has 2 aromatic rings.